The van der Waals surface area contributed by atoms with Crippen molar-refractivity contribution in [3.63, 3.8) is 0 Å². The molecule has 0 atom stereocenters. The highest BCUT2D eigenvalue weighted by Crippen LogP contribution is 2.25. The fourth-order valence-electron chi connectivity index (χ4n) is 2.16. The smallest absolute Gasteiger partial charge is 0.208 e. The van der Waals surface area contributed by atoms with Gasteiger partial charge in [-0.05, 0) is 28.8 Å². The molecule has 0 spiro atoms. The average Bonchev–Trinajstić information content (AvgIpc) is 3.06. The van der Waals surface area contributed by atoms with Crippen molar-refractivity contribution in [2.75, 3.05) is 13.9 Å². The predicted molar refractivity (Wildman–Crippen MR) is 87.3 cm³/mol. The molecule has 1 N–H and O–H groups in total. The molecule has 0 saturated heterocycles. The lowest BCUT2D eigenvalue weighted by atomic mass is 10.0. The van der Waals surface area contributed by atoms with Gasteiger partial charge in [0.2, 0.25) is 12.2 Å². The van der Waals surface area contributed by atoms with E-state index in [1.54, 1.807) is 7.11 Å². The van der Waals surface area contributed by atoms with Crippen molar-refractivity contribution in [2.45, 2.75) is 6.42 Å². The summed E-state index contributed by atoms with van der Waals surface area (Å²) in [7, 11) is 1.61. The van der Waals surface area contributed by atoms with E-state index < -0.39 is 0 Å². The summed E-state index contributed by atoms with van der Waals surface area (Å²) in [5.74, 6) is 1.61. The molecule has 0 radical (unpaired) electrons. The SMILES string of the molecule is COCOc1cccc(-c2cccc(CC3=NOSN3)c2)c1. The van der Waals surface area contributed by atoms with Crippen LogP contribution in [-0.2, 0) is 15.4 Å². The van der Waals surface area contributed by atoms with Crippen molar-refractivity contribution in [1.29, 1.82) is 0 Å². The van der Waals surface area contributed by atoms with Gasteiger partial charge in [0, 0.05) is 13.5 Å². The zero-order valence-electron chi connectivity index (χ0n) is 12.1. The van der Waals surface area contributed by atoms with Crippen LogP contribution in [0.5, 0.6) is 5.75 Å². The highest BCUT2D eigenvalue weighted by atomic mass is 32.2. The van der Waals surface area contributed by atoms with Crippen molar-refractivity contribution in [1.82, 2.24) is 4.72 Å². The first kappa shape index (κ1) is 14.7. The fourth-order valence-corrected chi connectivity index (χ4v) is 2.53. The summed E-state index contributed by atoms with van der Waals surface area (Å²) in [6, 6.07) is 16.3. The normalized spacial score (nSPS) is 13.2. The third-order valence-electron chi connectivity index (χ3n) is 3.15. The Labute approximate surface area is 133 Å². The summed E-state index contributed by atoms with van der Waals surface area (Å²) in [5.41, 5.74) is 3.40. The Bertz CT molecular complexity index is 676. The Hall–Kier alpha value is -2.18. The first-order valence-corrected chi connectivity index (χ1v) is 7.56. The Morgan fingerprint density at radius 2 is 1.95 bits per heavy atom. The van der Waals surface area contributed by atoms with Gasteiger partial charge in [0.1, 0.15) is 5.75 Å². The highest BCUT2D eigenvalue weighted by Gasteiger charge is 2.10. The topological polar surface area (TPSA) is 52.1 Å². The highest BCUT2D eigenvalue weighted by molar-refractivity contribution is 7.93. The van der Waals surface area contributed by atoms with Crippen molar-refractivity contribution in [3.05, 3.63) is 54.1 Å². The van der Waals surface area contributed by atoms with Gasteiger partial charge in [0.25, 0.3) is 0 Å². The lowest BCUT2D eigenvalue weighted by Crippen LogP contribution is -2.13. The lowest BCUT2D eigenvalue weighted by Gasteiger charge is -2.08. The number of ether oxygens (including phenoxy) is 2. The monoisotopic (exact) mass is 316 g/mol. The van der Waals surface area contributed by atoms with Crippen LogP contribution in [0.4, 0.5) is 0 Å². The second-order valence-electron chi connectivity index (χ2n) is 4.75. The zero-order valence-corrected chi connectivity index (χ0v) is 12.9. The average molecular weight is 316 g/mol. The maximum absolute atomic E-state index is 5.48. The van der Waals surface area contributed by atoms with E-state index in [0.29, 0.717) is 6.42 Å². The summed E-state index contributed by atoms with van der Waals surface area (Å²) < 4.78 is 18.3. The van der Waals surface area contributed by atoms with E-state index >= 15 is 0 Å². The molecule has 114 valence electrons. The summed E-state index contributed by atoms with van der Waals surface area (Å²) >= 11 is 1.13. The summed E-state index contributed by atoms with van der Waals surface area (Å²) in [6.07, 6.45) is 0.709. The van der Waals surface area contributed by atoms with Gasteiger partial charge in [-0.15, -0.1) is 0 Å². The molecule has 1 aliphatic rings. The fraction of sp³-hybridized carbons (Fsp3) is 0.188. The Morgan fingerprint density at radius 3 is 2.73 bits per heavy atom. The van der Waals surface area contributed by atoms with Crippen LogP contribution in [0.2, 0.25) is 0 Å². The number of hydrogen-bond donors (Lipinski definition) is 1. The van der Waals surface area contributed by atoms with E-state index in [1.165, 1.54) is 0 Å². The second kappa shape index (κ2) is 7.20. The van der Waals surface area contributed by atoms with Crippen LogP contribution in [0.25, 0.3) is 11.1 Å². The molecular formula is C16H16N2O3S. The molecule has 2 aromatic rings. The summed E-state index contributed by atoms with van der Waals surface area (Å²) in [4.78, 5) is 0. The van der Waals surface area contributed by atoms with Crippen LogP contribution in [0.15, 0.2) is 53.7 Å². The number of hydrogen-bond acceptors (Lipinski definition) is 6. The van der Waals surface area contributed by atoms with Crippen LogP contribution in [0.1, 0.15) is 5.56 Å². The predicted octanol–water partition coefficient (Wildman–Crippen LogP) is 3.38. The standard InChI is InChI=1S/C16H16N2O3S/c1-19-11-20-15-7-3-6-14(10-15)13-5-2-4-12(8-13)9-16-17-21-22-18-16/h2-8,10H,9,11H2,1H3,(H,17,18). The zero-order chi connectivity index (χ0) is 15.2. The number of rotatable bonds is 6. The molecule has 22 heavy (non-hydrogen) atoms. The molecule has 3 rings (SSSR count). The maximum Gasteiger partial charge on any atom is 0.208 e. The van der Waals surface area contributed by atoms with Gasteiger partial charge in [-0.3, -0.25) is 9.01 Å². The van der Waals surface area contributed by atoms with Crippen LogP contribution in [-0.4, -0.2) is 19.7 Å². The van der Waals surface area contributed by atoms with Gasteiger partial charge < -0.3 is 9.47 Å². The van der Waals surface area contributed by atoms with E-state index in [4.69, 9.17) is 13.8 Å². The molecule has 6 heteroatoms. The second-order valence-corrected chi connectivity index (χ2v) is 5.27. The van der Waals surface area contributed by atoms with E-state index in [9.17, 15) is 0 Å². The molecule has 0 aliphatic carbocycles. The Balaban J connectivity index is 1.79. The van der Waals surface area contributed by atoms with Crippen molar-refractivity contribution >= 4 is 18.1 Å². The molecule has 0 fully saturated rings. The first-order chi connectivity index (χ1) is 10.8. The van der Waals surface area contributed by atoms with E-state index in [1.807, 2.05) is 24.3 Å². The van der Waals surface area contributed by atoms with Gasteiger partial charge in [-0.25, -0.2) is 0 Å². The molecule has 0 saturated carbocycles. The summed E-state index contributed by atoms with van der Waals surface area (Å²) in [6.45, 7) is 0.243. The van der Waals surface area contributed by atoms with Crippen LogP contribution >= 0.6 is 12.2 Å². The Kier molecular flexibility index (Phi) is 4.82. The molecule has 2 aromatic carbocycles. The molecular weight excluding hydrogens is 300 g/mol. The van der Waals surface area contributed by atoms with Gasteiger partial charge in [-0.1, -0.05) is 41.6 Å². The van der Waals surface area contributed by atoms with Crippen molar-refractivity contribution in [2.24, 2.45) is 5.16 Å². The van der Waals surface area contributed by atoms with Crippen molar-refractivity contribution < 1.29 is 13.8 Å². The van der Waals surface area contributed by atoms with Crippen LogP contribution < -0.4 is 9.46 Å². The summed E-state index contributed by atoms with van der Waals surface area (Å²) in [5, 5.41) is 3.92. The lowest BCUT2D eigenvalue weighted by molar-refractivity contribution is 0.0511. The van der Waals surface area contributed by atoms with Gasteiger partial charge in [0.05, 0.1) is 0 Å². The molecule has 0 unspecified atom stereocenters. The minimum absolute atomic E-state index is 0.243. The number of amidine groups is 1. The number of benzene rings is 2. The maximum atomic E-state index is 5.48. The first-order valence-electron chi connectivity index (χ1n) is 6.82. The third-order valence-corrected chi connectivity index (χ3v) is 3.62. The van der Waals surface area contributed by atoms with E-state index in [2.05, 4.69) is 34.1 Å². The minimum atomic E-state index is 0.243. The molecule has 5 nitrogen and oxygen atoms in total. The quantitative estimate of drug-likeness (QED) is 0.503. The van der Waals surface area contributed by atoms with Crippen LogP contribution in [0, 0.1) is 0 Å². The number of nitrogens with one attached hydrogen (secondary N) is 1. The molecule has 0 bridgehead atoms. The number of methoxy groups -OCH3 is 1. The number of oxime groups is 1. The molecule has 0 aromatic heterocycles. The number of nitrogens with zero attached hydrogens (tertiary/aromatic N) is 1. The van der Waals surface area contributed by atoms with E-state index in [-0.39, 0.29) is 6.79 Å². The van der Waals surface area contributed by atoms with Gasteiger partial charge in [-0.2, -0.15) is 0 Å². The third kappa shape index (κ3) is 3.72. The Morgan fingerprint density at radius 1 is 1.14 bits per heavy atom. The van der Waals surface area contributed by atoms with Gasteiger partial charge >= 0.3 is 0 Å². The molecule has 1 aliphatic heterocycles. The van der Waals surface area contributed by atoms with Crippen molar-refractivity contribution in [3.8, 4) is 16.9 Å². The van der Waals surface area contributed by atoms with Crippen LogP contribution in [0.3, 0.4) is 0 Å². The molecule has 1 heterocycles. The molecule has 0 amide bonds. The largest absolute Gasteiger partial charge is 0.468 e. The minimum Gasteiger partial charge on any atom is -0.468 e. The van der Waals surface area contributed by atoms with E-state index in [0.717, 1.165) is 40.5 Å². The van der Waals surface area contributed by atoms with Gasteiger partial charge in [0.15, 0.2) is 12.6 Å².